The second-order valence-electron chi connectivity index (χ2n) is 5.49. The van der Waals surface area contributed by atoms with Crippen molar-refractivity contribution in [3.63, 3.8) is 0 Å². The molecular formula is C18H14NO5-. The van der Waals surface area contributed by atoms with Crippen LogP contribution in [0.25, 0.3) is 0 Å². The van der Waals surface area contributed by atoms with Gasteiger partial charge in [0.2, 0.25) is 5.91 Å². The normalized spacial score (nSPS) is 19.6. The number of hydrogen-bond donors (Lipinski definition) is 1. The molecule has 3 rings (SSSR count). The molecule has 24 heavy (non-hydrogen) atoms. The van der Waals surface area contributed by atoms with Crippen LogP contribution in [0.5, 0.6) is 0 Å². The van der Waals surface area contributed by atoms with Crippen molar-refractivity contribution in [1.29, 1.82) is 0 Å². The predicted molar refractivity (Wildman–Crippen MR) is 82.8 cm³/mol. The Bertz CT molecular complexity index is 787. The smallest absolute Gasteiger partial charge is 0.307 e. The van der Waals surface area contributed by atoms with Gasteiger partial charge in [0.1, 0.15) is 6.10 Å². The highest BCUT2D eigenvalue weighted by atomic mass is 16.6. The van der Waals surface area contributed by atoms with E-state index in [4.69, 9.17) is 4.74 Å². The van der Waals surface area contributed by atoms with Crippen LogP contribution in [0, 0.1) is 5.92 Å². The third-order valence-electron chi connectivity index (χ3n) is 3.84. The lowest BCUT2D eigenvalue weighted by Crippen LogP contribution is -2.26. The highest BCUT2D eigenvalue weighted by Gasteiger charge is 2.40. The molecule has 1 saturated heterocycles. The van der Waals surface area contributed by atoms with Crippen molar-refractivity contribution in [1.82, 2.24) is 0 Å². The summed E-state index contributed by atoms with van der Waals surface area (Å²) in [7, 11) is 0. The topological polar surface area (TPSA) is 95.5 Å². The number of benzene rings is 2. The number of carbonyl (C=O) groups is 3. The molecule has 1 aliphatic heterocycles. The van der Waals surface area contributed by atoms with Crippen molar-refractivity contribution in [2.75, 3.05) is 5.32 Å². The molecule has 6 nitrogen and oxygen atoms in total. The fourth-order valence-electron chi connectivity index (χ4n) is 2.69. The maximum atomic E-state index is 12.5. The van der Waals surface area contributed by atoms with Crippen LogP contribution in [0.1, 0.15) is 28.4 Å². The molecule has 0 bridgehead atoms. The minimum Gasteiger partial charge on any atom is -0.545 e. The fraction of sp³-hybridized carbons (Fsp3) is 0.167. The van der Waals surface area contributed by atoms with Crippen LogP contribution in [0.4, 0.5) is 5.69 Å². The number of ether oxygens (including phenoxy) is 1. The molecule has 2 atom stereocenters. The lowest BCUT2D eigenvalue weighted by Gasteiger charge is -2.18. The number of rotatable bonds is 4. The standard InChI is InChI=1S/C18H15NO5/c20-15-10-14(16(24-15)11-5-2-1-3-6-11)17(21)19-13-8-4-7-12(9-13)18(22)23/h1-9,14,16H,10H2,(H,19,21)(H,22,23)/p-1/t14-,16-/m0/s1. The van der Waals surface area contributed by atoms with E-state index < -0.39 is 29.9 Å². The Labute approximate surface area is 138 Å². The quantitative estimate of drug-likeness (QED) is 0.855. The summed E-state index contributed by atoms with van der Waals surface area (Å²) in [5.74, 6) is -2.84. The molecule has 2 aromatic rings. The summed E-state index contributed by atoms with van der Waals surface area (Å²) in [6.07, 6.45) is -0.672. The van der Waals surface area contributed by atoms with E-state index in [-0.39, 0.29) is 12.0 Å². The summed E-state index contributed by atoms with van der Waals surface area (Å²) in [5, 5.41) is 13.5. The van der Waals surface area contributed by atoms with Crippen LogP contribution in [0.3, 0.4) is 0 Å². The molecule has 6 heteroatoms. The van der Waals surface area contributed by atoms with Crippen molar-refractivity contribution in [2.24, 2.45) is 5.92 Å². The van der Waals surface area contributed by atoms with Gasteiger partial charge in [0.25, 0.3) is 0 Å². The second kappa shape index (κ2) is 6.54. The largest absolute Gasteiger partial charge is 0.545 e. The molecule has 1 amide bonds. The number of anilines is 1. The van der Waals surface area contributed by atoms with Crippen LogP contribution in [-0.4, -0.2) is 17.8 Å². The van der Waals surface area contributed by atoms with Crippen LogP contribution in [0.2, 0.25) is 0 Å². The van der Waals surface area contributed by atoms with E-state index in [1.165, 1.54) is 18.2 Å². The molecule has 2 aromatic carbocycles. The van der Waals surface area contributed by atoms with Crippen molar-refractivity contribution in [2.45, 2.75) is 12.5 Å². The summed E-state index contributed by atoms with van der Waals surface area (Å²) >= 11 is 0. The van der Waals surface area contributed by atoms with Crippen molar-refractivity contribution >= 4 is 23.5 Å². The third-order valence-corrected chi connectivity index (χ3v) is 3.84. The first kappa shape index (κ1) is 15.7. The molecule has 0 unspecified atom stereocenters. The predicted octanol–water partition coefficient (Wildman–Crippen LogP) is 1.29. The van der Waals surface area contributed by atoms with Gasteiger partial charge in [-0.15, -0.1) is 0 Å². The Kier molecular flexibility index (Phi) is 4.29. The van der Waals surface area contributed by atoms with Gasteiger partial charge in [0.05, 0.1) is 18.3 Å². The number of esters is 1. The van der Waals surface area contributed by atoms with Gasteiger partial charge in [-0.05, 0) is 23.3 Å². The van der Waals surface area contributed by atoms with E-state index in [1.807, 2.05) is 6.07 Å². The highest BCUT2D eigenvalue weighted by Crippen LogP contribution is 2.36. The van der Waals surface area contributed by atoms with Gasteiger partial charge in [-0.2, -0.15) is 0 Å². The van der Waals surface area contributed by atoms with Gasteiger partial charge in [-0.25, -0.2) is 0 Å². The molecule has 0 aromatic heterocycles. The molecule has 1 N–H and O–H groups in total. The Balaban J connectivity index is 1.79. The molecule has 1 heterocycles. The van der Waals surface area contributed by atoms with Crippen LogP contribution < -0.4 is 10.4 Å². The molecule has 1 fully saturated rings. The number of hydrogen-bond acceptors (Lipinski definition) is 5. The van der Waals surface area contributed by atoms with E-state index in [2.05, 4.69) is 5.32 Å². The van der Waals surface area contributed by atoms with Crippen molar-refractivity contribution < 1.29 is 24.2 Å². The summed E-state index contributed by atoms with van der Waals surface area (Å²) in [5.41, 5.74) is 1.03. The van der Waals surface area contributed by atoms with Crippen molar-refractivity contribution in [3.05, 3.63) is 65.7 Å². The second-order valence-corrected chi connectivity index (χ2v) is 5.49. The monoisotopic (exact) mass is 324 g/mol. The lowest BCUT2D eigenvalue weighted by atomic mass is 9.94. The van der Waals surface area contributed by atoms with Gasteiger partial charge in [0.15, 0.2) is 0 Å². The van der Waals surface area contributed by atoms with E-state index in [0.717, 1.165) is 5.56 Å². The number of carboxylic acids is 1. The first-order valence-electron chi connectivity index (χ1n) is 7.41. The van der Waals surface area contributed by atoms with E-state index in [9.17, 15) is 19.5 Å². The molecule has 0 radical (unpaired) electrons. The first-order valence-corrected chi connectivity index (χ1v) is 7.41. The van der Waals surface area contributed by atoms with Gasteiger partial charge in [0, 0.05) is 5.69 Å². The maximum absolute atomic E-state index is 12.5. The molecule has 1 aliphatic rings. The van der Waals surface area contributed by atoms with Gasteiger partial charge >= 0.3 is 5.97 Å². The summed E-state index contributed by atoms with van der Waals surface area (Å²) in [4.78, 5) is 35.1. The number of aromatic carboxylic acids is 1. The van der Waals surface area contributed by atoms with Crippen LogP contribution >= 0.6 is 0 Å². The Hall–Kier alpha value is -3.15. The number of cyclic esters (lactones) is 1. The Morgan fingerprint density at radius 1 is 1.08 bits per heavy atom. The average molecular weight is 324 g/mol. The lowest BCUT2D eigenvalue weighted by molar-refractivity contribution is -0.255. The Morgan fingerprint density at radius 3 is 2.54 bits per heavy atom. The summed E-state index contributed by atoms with van der Waals surface area (Å²) in [6, 6.07) is 14.8. The third kappa shape index (κ3) is 3.27. The van der Waals surface area contributed by atoms with Gasteiger partial charge in [-0.3, -0.25) is 9.59 Å². The SMILES string of the molecule is O=C1C[C@H](C(=O)Nc2cccc(C(=O)[O-])c2)[C@H](c2ccccc2)O1. The summed E-state index contributed by atoms with van der Waals surface area (Å²) < 4.78 is 5.28. The Morgan fingerprint density at radius 2 is 1.83 bits per heavy atom. The van der Waals surface area contributed by atoms with Gasteiger partial charge < -0.3 is 20.0 Å². The zero-order valence-corrected chi connectivity index (χ0v) is 12.6. The van der Waals surface area contributed by atoms with Crippen LogP contribution in [-0.2, 0) is 14.3 Å². The number of nitrogens with one attached hydrogen (secondary N) is 1. The van der Waals surface area contributed by atoms with Crippen molar-refractivity contribution in [3.8, 4) is 0 Å². The number of amides is 1. The zero-order valence-electron chi connectivity index (χ0n) is 12.6. The molecule has 0 spiro atoms. The van der Waals surface area contributed by atoms with E-state index in [1.54, 1.807) is 30.3 Å². The van der Waals surface area contributed by atoms with Crippen LogP contribution in [0.15, 0.2) is 54.6 Å². The maximum Gasteiger partial charge on any atom is 0.307 e. The van der Waals surface area contributed by atoms with Gasteiger partial charge in [-0.1, -0.05) is 42.5 Å². The molecule has 122 valence electrons. The number of carbonyl (C=O) groups excluding carboxylic acids is 3. The fourth-order valence-corrected chi connectivity index (χ4v) is 2.69. The zero-order chi connectivity index (χ0) is 17.1. The van der Waals surface area contributed by atoms with E-state index >= 15 is 0 Å². The highest BCUT2D eigenvalue weighted by molar-refractivity contribution is 5.97. The van der Waals surface area contributed by atoms with E-state index in [0.29, 0.717) is 5.69 Å². The summed E-state index contributed by atoms with van der Waals surface area (Å²) in [6.45, 7) is 0. The molecule has 0 aliphatic carbocycles. The molecular weight excluding hydrogens is 310 g/mol. The minimum atomic E-state index is -1.33. The number of carboxylic acid groups (broad SMARTS) is 1. The average Bonchev–Trinajstić information content (AvgIpc) is 2.98. The molecule has 0 saturated carbocycles. The minimum absolute atomic E-state index is 0.0223. The first-order chi connectivity index (χ1) is 11.5.